The molecule has 15 heavy (non-hydrogen) atoms. The molecule has 0 aliphatic rings. The van der Waals surface area contributed by atoms with Gasteiger partial charge in [0.05, 0.1) is 0 Å². The Kier molecular flexibility index (Phi) is 16.4. The van der Waals surface area contributed by atoms with Crippen LogP contribution in [0.1, 0.15) is 45.1 Å². The van der Waals surface area contributed by atoms with E-state index in [1.54, 1.807) is 0 Å². The lowest BCUT2D eigenvalue weighted by Crippen LogP contribution is -1.66. The normalized spacial score (nSPS) is 7.80. The quantitative estimate of drug-likeness (QED) is 0.655. The van der Waals surface area contributed by atoms with Gasteiger partial charge in [0.15, 0.2) is 0 Å². The third-order valence-corrected chi connectivity index (χ3v) is 1.90. The van der Waals surface area contributed by atoms with Crippen molar-refractivity contribution in [3.05, 3.63) is 35.9 Å². The Labute approximate surface area is 94.8 Å². The zero-order valence-corrected chi connectivity index (χ0v) is 10.2. The molecular formula is C14H23N. The molecule has 0 N–H and O–H groups in total. The summed E-state index contributed by atoms with van der Waals surface area (Å²) in [5.41, 5.74) is 1.32. The lowest BCUT2D eigenvalue weighted by Gasteiger charge is -1.86. The summed E-state index contributed by atoms with van der Waals surface area (Å²) >= 11 is 0. The smallest absolute Gasteiger partial charge is 0.0462 e. The van der Waals surface area contributed by atoms with E-state index in [-0.39, 0.29) is 0 Å². The van der Waals surface area contributed by atoms with Gasteiger partial charge in [0.1, 0.15) is 0 Å². The average Bonchev–Trinajstić information content (AvgIpc) is 2.31. The third-order valence-electron chi connectivity index (χ3n) is 1.90. The van der Waals surface area contributed by atoms with Gasteiger partial charge in [-0.15, -0.1) is 0 Å². The number of nitrogens with zero attached hydrogens (tertiary/aromatic N) is 1. The van der Waals surface area contributed by atoms with Gasteiger partial charge >= 0.3 is 0 Å². The molecule has 0 spiro atoms. The standard InChI is InChI=1S/C7H8.C6H14.CHN/c1-7-5-3-2-4-6-7;1-3-5-6-4-2;1-2/h2-6H,1H3;3-6H2,1-2H3;1H. The molecular weight excluding hydrogens is 182 g/mol. The SMILES string of the molecule is C#N.CCCCCC.Cc1ccccc1. The predicted octanol–water partition coefficient (Wildman–Crippen LogP) is 4.72. The van der Waals surface area contributed by atoms with Gasteiger partial charge in [-0.3, -0.25) is 0 Å². The first-order chi connectivity index (χ1) is 7.31. The molecule has 0 saturated heterocycles. The summed E-state index contributed by atoms with van der Waals surface area (Å²) < 4.78 is 0. The first-order valence-electron chi connectivity index (χ1n) is 5.58. The van der Waals surface area contributed by atoms with E-state index in [4.69, 9.17) is 5.26 Å². The molecule has 0 bridgehead atoms. The molecule has 0 aromatic heterocycles. The van der Waals surface area contributed by atoms with Gasteiger partial charge < -0.3 is 0 Å². The van der Waals surface area contributed by atoms with E-state index in [1.807, 2.05) is 18.2 Å². The summed E-state index contributed by atoms with van der Waals surface area (Å²) in [6.07, 6.45) is 5.54. The van der Waals surface area contributed by atoms with Gasteiger partial charge in [0.2, 0.25) is 0 Å². The van der Waals surface area contributed by atoms with Crippen molar-refractivity contribution >= 4 is 0 Å². The highest BCUT2D eigenvalue weighted by molar-refractivity contribution is 5.11. The van der Waals surface area contributed by atoms with Crippen LogP contribution in [0.4, 0.5) is 0 Å². The van der Waals surface area contributed by atoms with Gasteiger partial charge in [-0.2, -0.15) is 0 Å². The predicted molar refractivity (Wildman–Crippen MR) is 67.7 cm³/mol. The van der Waals surface area contributed by atoms with Crippen molar-refractivity contribution in [1.29, 1.82) is 5.26 Å². The Hall–Kier alpha value is -1.29. The van der Waals surface area contributed by atoms with Crippen LogP contribution in [0.2, 0.25) is 0 Å². The van der Waals surface area contributed by atoms with Crippen LogP contribution in [0.3, 0.4) is 0 Å². The highest BCUT2D eigenvalue weighted by Crippen LogP contribution is 1.95. The maximum absolute atomic E-state index is 6.50. The van der Waals surface area contributed by atoms with Crippen LogP contribution in [-0.4, -0.2) is 0 Å². The fourth-order valence-electron chi connectivity index (χ4n) is 1.03. The van der Waals surface area contributed by atoms with Crippen molar-refractivity contribution in [1.82, 2.24) is 0 Å². The Morgan fingerprint density at radius 1 is 0.933 bits per heavy atom. The highest BCUT2D eigenvalue weighted by atomic mass is 14.2. The molecule has 0 aliphatic carbocycles. The molecule has 0 atom stereocenters. The van der Waals surface area contributed by atoms with E-state index in [2.05, 4.69) is 39.5 Å². The van der Waals surface area contributed by atoms with E-state index >= 15 is 0 Å². The number of rotatable bonds is 3. The molecule has 0 fully saturated rings. The summed E-state index contributed by atoms with van der Waals surface area (Å²) in [7, 11) is 0. The Balaban J connectivity index is 0. The molecule has 1 nitrogen and oxygen atoms in total. The van der Waals surface area contributed by atoms with Crippen molar-refractivity contribution in [3.8, 4) is 6.57 Å². The van der Waals surface area contributed by atoms with Crippen LogP contribution in [0.5, 0.6) is 0 Å². The summed E-state index contributed by atoms with van der Waals surface area (Å²) in [6.45, 7) is 10.0. The first-order valence-corrected chi connectivity index (χ1v) is 5.58. The molecule has 0 amide bonds. The molecule has 0 radical (unpaired) electrons. The van der Waals surface area contributed by atoms with Gasteiger partial charge in [0, 0.05) is 6.57 Å². The fraction of sp³-hybridized carbons (Fsp3) is 0.500. The number of benzene rings is 1. The second-order valence-electron chi connectivity index (χ2n) is 3.36. The van der Waals surface area contributed by atoms with Crippen molar-refractivity contribution < 1.29 is 0 Å². The van der Waals surface area contributed by atoms with Gasteiger partial charge in [-0.05, 0) is 6.92 Å². The minimum absolute atomic E-state index is 1.32. The van der Waals surface area contributed by atoms with Gasteiger partial charge in [0.25, 0.3) is 0 Å². The molecule has 1 aromatic carbocycles. The third kappa shape index (κ3) is 15.5. The monoisotopic (exact) mass is 205 g/mol. The average molecular weight is 205 g/mol. The summed E-state index contributed by atoms with van der Waals surface area (Å²) in [4.78, 5) is 0. The van der Waals surface area contributed by atoms with Crippen LogP contribution >= 0.6 is 0 Å². The van der Waals surface area contributed by atoms with Crippen LogP contribution in [0.15, 0.2) is 30.3 Å². The fourth-order valence-corrected chi connectivity index (χ4v) is 1.03. The van der Waals surface area contributed by atoms with E-state index in [0.29, 0.717) is 0 Å². The molecule has 0 aliphatic heterocycles. The molecule has 1 rings (SSSR count). The lowest BCUT2D eigenvalue weighted by molar-refractivity contribution is 0.702. The Morgan fingerprint density at radius 2 is 1.33 bits per heavy atom. The van der Waals surface area contributed by atoms with Crippen molar-refractivity contribution in [2.75, 3.05) is 0 Å². The number of unbranched alkanes of at least 4 members (excludes halogenated alkanes) is 3. The molecule has 0 heterocycles. The highest BCUT2D eigenvalue weighted by Gasteiger charge is 1.75. The van der Waals surface area contributed by atoms with Crippen LogP contribution in [-0.2, 0) is 0 Å². The van der Waals surface area contributed by atoms with Gasteiger partial charge in [-0.1, -0.05) is 75.4 Å². The summed E-state index contributed by atoms with van der Waals surface area (Å²) in [5, 5.41) is 6.50. The lowest BCUT2D eigenvalue weighted by atomic mass is 10.2. The number of hydrogen-bond acceptors (Lipinski definition) is 1. The molecule has 1 aromatic rings. The first kappa shape index (κ1) is 16.2. The summed E-state index contributed by atoms with van der Waals surface area (Å²) in [6, 6.07) is 10.3. The van der Waals surface area contributed by atoms with Crippen LogP contribution in [0, 0.1) is 18.8 Å². The zero-order valence-electron chi connectivity index (χ0n) is 10.2. The van der Waals surface area contributed by atoms with Crippen LogP contribution < -0.4 is 0 Å². The molecule has 84 valence electrons. The van der Waals surface area contributed by atoms with Crippen molar-refractivity contribution in [2.45, 2.75) is 46.5 Å². The van der Waals surface area contributed by atoms with E-state index < -0.39 is 0 Å². The number of nitriles is 1. The molecule has 1 heteroatoms. The van der Waals surface area contributed by atoms with Crippen molar-refractivity contribution in [3.63, 3.8) is 0 Å². The molecule has 0 saturated carbocycles. The number of aryl methyl sites for hydroxylation is 1. The van der Waals surface area contributed by atoms with E-state index in [0.717, 1.165) is 0 Å². The second-order valence-corrected chi connectivity index (χ2v) is 3.36. The van der Waals surface area contributed by atoms with Gasteiger partial charge in [-0.25, -0.2) is 5.26 Å². The Bertz CT molecular complexity index is 209. The maximum Gasteiger partial charge on any atom is 0.0462 e. The van der Waals surface area contributed by atoms with Crippen LogP contribution in [0.25, 0.3) is 0 Å². The van der Waals surface area contributed by atoms with E-state index in [9.17, 15) is 0 Å². The maximum atomic E-state index is 6.50. The largest absolute Gasteiger partial charge is 0.202 e. The number of hydrogen-bond donors (Lipinski definition) is 0. The van der Waals surface area contributed by atoms with E-state index in [1.165, 1.54) is 31.2 Å². The minimum atomic E-state index is 1.32. The molecule has 0 unspecified atom stereocenters. The van der Waals surface area contributed by atoms with Crippen molar-refractivity contribution in [2.24, 2.45) is 0 Å². The Morgan fingerprint density at radius 3 is 1.53 bits per heavy atom. The summed E-state index contributed by atoms with van der Waals surface area (Å²) in [5.74, 6) is 0. The zero-order chi connectivity index (χ0) is 11.9. The second kappa shape index (κ2) is 15.2. The topological polar surface area (TPSA) is 23.8 Å². The minimum Gasteiger partial charge on any atom is -0.202 e.